The number of nitrogens with one attached hydrogen (secondary N) is 1. The molecule has 2 heterocycles. The largest absolute Gasteiger partial charge is 0.370 e. The van der Waals surface area contributed by atoms with Gasteiger partial charge in [0.15, 0.2) is 5.96 Å². The zero-order valence-electron chi connectivity index (χ0n) is 18.0. The van der Waals surface area contributed by atoms with Gasteiger partial charge in [0.05, 0.1) is 0 Å². The minimum Gasteiger partial charge on any atom is -0.370 e. The van der Waals surface area contributed by atoms with Crippen molar-refractivity contribution in [3.63, 3.8) is 0 Å². The summed E-state index contributed by atoms with van der Waals surface area (Å²) in [5, 5.41) is 4.30. The van der Waals surface area contributed by atoms with Crippen LogP contribution in [0.4, 0.5) is 5.69 Å². The van der Waals surface area contributed by atoms with Gasteiger partial charge in [-0.1, -0.05) is 17.7 Å². The lowest BCUT2D eigenvalue weighted by Gasteiger charge is -2.36. The standard InChI is InChI=1S/C22H35ClN6O/c1-25-22(29-10-3-5-18(17-29)15-21(24)30)26-8-4-9-27-11-13-28(14-12-27)20-7-2-6-19(23)16-20/h2,6-7,16,18H,3-5,8-15,17H2,1H3,(H2,24,30)(H,25,26). The lowest BCUT2D eigenvalue weighted by atomic mass is 9.95. The zero-order chi connectivity index (χ0) is 21.3. The highest BCUT2D eigenvalue weighted by Gasteiger charge is 2.23. The number of guanidine groups is 1. The topological polar surface area (TPSA) is 77.2 Å². The number of nitrogens with zero attached hydrogens (tertiary/aromatic N) is 4. The first kappa shape index (κ1) is 22.7. The van der Waals surface area contributed by atoms with Crippen molar-refractivity contribution in [1.82, 2.24) is 15.1 Å². The summed E-state index contributed by atoms with van der Waals surface area (Å²) >= 11 is 6.12. The number of rotatable bonds is 7. The van der Waals surface area contributed by atoms with Crippen LogP contribution in [0.25, 0.3) is 0 Å². The molecule has 0 aromatic heterocycles. The maximum absolute atomic E-state index is 11.2. The molecule has 0 aliphatic carbocycles. The highest BCUT2D eigenvalue weighted by Crippen LogP contribution is 2.21. The average Bonchev–Trinajstić information content (AvgIpc) is 2.74. The first-order valence-electron chi connectivity index (χ1n) is 11.0. The van der Waals surface area contributed by atoms with Crippen LogP contribution in [0.15, 0.2) is 29.3 Å². The van der Waals surface area contributed by atoms with Crippen molar-refractivity contribution in [2.75, 3.05) is 64.3 Å². The molecule has 7 nitrogen and oxygen atoms in total. The number of halogens is 1. The zero-order valence-corrected chi connectivity index (χ0v) is 18.8. The number of hydrogen-bond acceptors (Lipinski definition) is 4. The number of carbonyl (C=O) groups is 1. The number of piperazine rings is 1. The Hall–Kier alpha value is -1.99. The molecule has 1 aromatic rings. The Labute approximate surface area is 185 Å². The van der Waals surface area contributed by atoms with Crippen LogP contribution in [0.5, 0.6) is 0 Å². The van der Waals surface area contributed by atoms with E-state index in [4.69, 9.17) is 17.3 Å². The van der Waals surface area contributed by atoms with E-state index in [1.807, 2.05) is 25.2 Å². The predicted octanol–water partition coefficient (Wildman–Crippen LogP) is 2.01. The van der Waals surface area contributed by atoms with E-state index in [1.54, 1.807) is 0 Å². The molecule has 3 rings (SSSR count). The molecule has 2 fully saturated rings. The van der Waals surface area contributed by atoms with E-state index < -0.39 is 0 Å². The van der Waals surface area contributed by atoms with Gasteiger partial charge in [0, 0.05) is 70.0 Å². The molecule has 0 bridgehead atoms. The number of hydrogen-bond donors (Lipinski definition) is 2. The van der Waals surface area contributed by atoms with Crippen LogP contribution < -0.4 is 16.0 Å². The number of benzene rings is 1. The van der Waals surface area contributed by atoms with E-state index >= 15 is 0 Å². The lowest BCUT2D eigenvalue weighted by molar-refractivity contribution is -0.119. The van der Waals surface area contributed by atoms with Gasteiger partial charge in [-0.15, -0.1) is 0 Å². The molecule has 1 amide bonds. The smallest absolute Gasteiger partial charge is 0.217 e. The maximum Gasteiger partial charge on any atom is 0.217 e. The van der Waals surface area contributed by atoms with Gasteiger partial charge in [-0.2, -0.15) is 0 Å². The SMILES string of the molecule is CN=C(NCCCN1CCN(c2cccc(Cl)c2)CC1)N1CCCC(CC(N)=O)C1. The minimum absolute atomic E-state index is 0.208. The lowest BCUT2D eigenvalue weighted by Crippen LogP contribution is -2.48. The molecule has 8 heteroatoms. The summed E-state index contributed by atoms with van der Waals surface area (Å²) in [6.45, 7) is 8.03. The van der Waals surface area contributed by atoms with E-state index in [0.717, 1.165) is 82.6 Å². The fraction of sp³-hybridized carbons (Fsp3) is 0.636. The summed E-state index contributed by atoms with van der Waals surface area (Å²) < 4.78 is 0. The minimum atomic E-state index is -0.208. The van der Waals surface area contributed by atoms with Gasteiger partial charge in [0.25, 0.3) is 0 Å². The Morgan fingerprint density at radius 2 is 2.07 bits per heavy atom. The van der Waals surface area contributed by atoms with Crippen molar-refractivity contribution in [3.8, 4) is 0 Å². The number of piperidine rings is 1. The van der Waals surface area contributed by atoms with Crippen molar-refractivity contribution in [1.29, 1.82) is 0 Å². The Kier molecular flexibility index (Phi) is 8.63. The Balaban J connectivity index is 1.35. The van der Waals surface area contributed by atoms with Gasteiger partial charge < -0.3 is 20.9 Å². The van der Waals surface area contributed by atoms with Crippen molar-refractivity contribution >= 4 is 29.2 Å². The van der Waals surface area contributed by atoms with Crippen LogP contribution in [0.1, 0.15) is 25.7 Å². The summed E-state index contributed by atoms with van der Waals surface area (Å²) in [7, 11) is 1.83. The van der Waals surface area contributed by atoms with Crippen LogP contribution in [0.3, 0.4) is 0 Å². The molecular weight excluding hydrogens is 400 g/mol. The van der Waals surface area contributed by atoms with Gasteiger partial charge in [0.1, 0.15) is 0 Å². The molecule has 0 spiro atoms. The predicted molar refractivity (Wildman–Crippen MR) is 124 cm³/mol. The van der Waals surface area contributed by atoms with Crippen molar-refractivity contribution < 1.29 is 4.79 Å². The Morgan fingerprint density at radius 3 is 2.77 bits per heavy atom. The van der Waals surface area contributed by atoms with Gasteiger partial charge >= 0.3 is 0 Å². The van der Waals surface area contributed by atoms with Gasteiger partial charge in [-0.3, -0.25) is 14.7 Å². The molecule has 1 aromatic carbocycles. The van der Waals surface area contributed by atoms with Gasteiger partial charge in [-0.05, 0) is 49.9 Å². The normalized spacial score (nSPS) is 21.0. The molecule has 0 saturated carbocycles. The molecule has 1 unspecified atom stereocenters. The molecule has 1 atom stereocenters. The van der Waals surface area contributed by atoms with E-state index in [-0.39, 0.29) is 5.91 Å². The van der Waals surface area contributed by atoms with Gasteiger partial charge in [0.2, 0.25) is 5.91 Å². The van der Waals surface area contributed by atoms with E-state index in [1.165, 1.54) is 5.69 Å². The number of primary amides is 1. The van der Waals surface area contributed by atoms with E-state index in [9.17, 15) is 4.79 Å². The van der Waals surface area contributed by atoms with Crippen LogP contribution >= 0.6 is 11.6 Å². The van der Waals surface area contributed by atoms with Crippen LogP contribution in [-0.2, 0) is 4.79 Å². The first-order chi connectivity index (χ1) is 14.5. The second-order valence-corrected chi connectivity index (χ2v) is 8.70. The van der Waals surface area contributed by atoms with Crippen LogP contribution in [0.2, 0.25) is 5.02 Å². The number of anilines is 1. The third kappa shape index (κ3) is 6.77. The number of nitrogens with two attached hydrogens (primary N) is 1. The summed E-state index contributed by atoms with van der Waals surface area (Å²) in [6.07, 6.45) is 3.69. The summed E-state index contributed by atoms with van der Waals surface area (Å²) in [4.78, 5) is 22.9. The Bertz CT molecular complexity index is 719. The maximum atomic E-state index is 11.2. The second-order valence-electron chi connectivity index (χ2n) is 8.26. The first-order valence-corrected chi connectivity index (χ1v) is 11.4. The number of amides is 1. The third-order valence-corrected chi connectivity index (χ3v) is 6.24. The molecule has 2 saturated heterocycles. The number of carbonyl (C=O) groups excluding carboxylic acids is 1. The molecule has 30 heavy (non-hydrogen) atoms. The number of likely N-dealkylation sites (tertiary alicyclic amines) is 1. The fourth-order valence-corrected chi connectivity index (χ4v) is 4.63. The summed E-state index contributed by atoms with van der Waals surface area (Å²) in [5.74, 6) is 1.07. The molecule has 3 N–H and O–H groups in total. The monoisotopic (exact) mass is 434 g/mol. The molecule has 166 valence electrons. The van der Waals surface area contributed by atoms with Crippen molar-refractivity contribution in [3.05, 3.63) is 29.3 Å². The summed E-state index contributed by atoms with van der Waals surface area (Å²) in [6, 6.07) is 8.11. The quantitative estimate of drug-likeness (QED) is 0.390. The number of aliphatic imine (C=N–C) groups is 1. The molecular formula is C22H35ClN6O. The molecule has 2 aliphatic heterocycles. The average molecular weight is 435 g/mol. The van der Waals surface area contributed by atoms with E-state index in [2.05, 4.69) is 31.1 Å². The third-order valence-electron chi connectivity index (χ3n) is 6.00. The van der Waals surface area contributed by atoms with E-state index in [0.29, 0.717) is 12.3 Å². The van der Waals surface area contributed by atoms with Gasteiger partial charge in [-0.25, -0.2) is 0 Å². The summed E-state index contributed by atoms with van der Waals surface area (Å²) in [5.41, 5.74) is 6.59. The molecule has 2 aliphatic rings. The van der Waals surface area contributed by atoms with Crippen LogP contribution in [0, 0.1) is 5.92 Å². The Morgan fingerprint density at radius 1 is 1.27 bits per heavy atom. The van der Waals surface area contributed by atoms with Crippen LogP contribution in [-0.4, -0.2) is 81.1 Å². The highest BCUT2D eigenvalue weighted by atomic mass is 35.5. The molecule has 0 radical (unpaired) electrons. The van der Waals surface area contributed by atoms with Crippen molar-refractivity contribution in [2.45, 2.75) is 25.7 Å². The second kappa shape index (κ2) is 11.4. The van der Waals surface area contributed by atoms with Crippen molar-refractivity contribution in [2.24, 2.45) is 16.6 Å². The fourth-order valence-electron chi connectivity index (χ4n) is 4.45. The highest BCUT2D eigenvalue weighted by molar-refractivity contribution is 6.30.